The monoisotopic (exact) mass is 295 g/mol. The van der Waals surface area contributed by atoms with Crippen molar-refractivity contribution in [3.05, 3.63) is 47.9 Å². The van der Waals surface area contributed by atoms with Crippen LogP contribution in [0.25, 0.3) is 22.3 Å². The van der Waals surface area contributed by atoms with E-state index < -0.39 is 0 Å². The third-order valence-electron chi connectivity index (χ3n) is 4.00. The fourth-order valence-electron chi connectivity index (χ4n) is 2.74. The van der Waals surface area contributed by atoms with Crippen molar-refractivity contribution in [2.45, 2.75) is 32.8 Å². The van der Waals surface area contributed by atoms with E-state index in [0.717, 1.165) is 47.4 Å². The van der Waals surface area contributed by atoms with E-state index in [-0.39, 0.29) is 6.61 Å². The highest BCUT2D eigenvalue weighted by Crippen LogP contribution is 2.27. The van der Waals surface area contributed by atoms with Gasteiger partial charge in [-0.1, -0.05) is 43.7 Å². The maximum absolute atomic E-state index is 9.69. The number of aryl methyl sites for hydroxylation is 2. The van der Waals surface area contributed by atoms with Gasteiger partial charge in [0.2, 0.25) is 0 Å². The Kier molecular flexibility index (Phi) is 4.20. The highest BCUT2D eigenvalue weighted by atomic mass is 16.3. The maximum atomic E-state index is 9.69. The average molecular weight is 295 g/mol. The SMILES string of the molecule is CCCCc1nc2cc(-c3ccccc3)c(CO)nc2n1C. The highest BCUT2D eigenvalue weighted by Gasteiger charge is 2.14. The van der Waals surface area contributed by atoms with Crippen molar-refractivity contribution >= 4 is 11.2 Å². The molecule has 0 aliphatic heterocycles. The first-order chi connectivity index (χ1) is 10.7. The summed E-state index contributed by atoms with van der Waals surface area (Å²) in [6.07, 6.45) is 3.22. The van der Waals surface area contributed by atoms with Crippen LogP contribution in [0.2, 0.25) is 0 Å². The molecule has 0 fully saturated rings. The van der Waals surface area contributed by atoms with Crippen LogP contribution in [0, 0.1) is 0 Å². The van der Waals surface area contributed by atoms with Crippen molar-refractivity contribution < 1.29 is 5.11 Å². The fraction of sp³-hybridized carbons (Fsp3) is 0.333. The lowest BCUT2D eigenvalue weighted by molar-refractivity contribution is 0.278. The Balaban J connectivity index is 2.14. The number of aliphatic hydroxyl groups excluding tert-OH is 1. The minimum Gasteiger partial charge on any atom is -0.390 e. The van der Waals surface area contributed by atoms with Crippen molar-refractivity contribution in [3.8, 4) is 11.1 Å². The molecule has 0 spiro atoms. The number of aliphatic hydroxyl groups is 1. The van der Waals surface area contributed by atoms with Crippen molar-refractivity contribution in [1.82, 2.24) is 14.5 Å². The highest BCUT2D eigenvalue weighted by molar-refractivity contribution is 5.80. The molecule has 4 heteroatoms. The number of nitrogens with zero attached hydrogens (tertiary/aromatic N) is 3. The molecular weight excluding hydrogens is 274 g/mol. The topological polar surface area (TPSA) is 50.9 Å². The van der Waals surface area contributed by atoms with Crippen molar-refractivity contribution in [2.75, 3.05) is 0 Å². The van der Waals surface area contributed by atoms with E-state index in [1.165, 1.54) is 0 Å². The first kappa shape index (κ1) is 14.7. The first-order valence-corrected chi connectivity index (χ1v) is 7.76. The van der Waals surface area contributed by atoms with Gasteiger partial charge in [0.25, 0.3) is 0 Å². The molecule has 0 atom stereocenters. The number of hydrogen-bond acceptors (Lipinski definition) is 3. The van der Waals surface area contributed by atoms with Crippen LogP contribution in [0.4, 0.5) is 0 Å². The zero-order valence-electron chi connectivity index (χ0n) is 13.1. The third-order valence-corrected chi connectivity index (χ3v) is 4.00. The van der Waals surface area contributed by atoms with Gasteiger partial charge in [0.05, 0.1) is 12.3 Å². The van der Waals surface area contributed by atoms with Gasteiger partial charge >= 0.3 is 0 Å². The van der Waals surface area contributed by atoms with E-state index in [1.807, 2.05) is 48.0 Å². The zero-order chi connectivity index (χ0) is 15.5. The minimum absolute atomic E-state index is 0.0738. The van der Waals surface area contributed by atoms with Gasteiger partial charge in [-0.3, -0.25) is 0 Å². The third kappa shape index (κ3) is 2.62. The molecule has 22 heavy (non-hydrogen) atoms. The summed E-state index contributed by atoms with van der Waals surface area (Å²) in [5.41, 5.74) is 4.45. The summed E-state index contributed by atoms with van der Waals surface area (Å²) in [6.45, 7) is 2.11. The van der Waals surface area contributed by atoms with Crippen LogP contribution in [0.5, 0.6) is 0 Å². The quantitative estimate of drug-likeness (QED) is 0.784. The van der Waals surface area contributed by atoms with Crippen LogP contribution in [0.3, 0.4) is 0 Å². The van der Waals surface area contributed by atoms with Gasteiger partial charge in [0, 0.05) is 19.0 Å². The summed E-state index contributed by atoms with van der Waals surface area (Å²) in [6, 6.07) is 12.1. The van der Waals surface area contributed by atoms with Gasteiger partial charge in [-0.25, -0.2) is 9.97 Å². The number of pyridine rings is 1. The fourth-order valence-corrected chi connectivity index (χ4v) is 2.74. The number of fused-ring (bicyclic) bond motifs is 1. The van der Waals surface area contributed by atoms with Crippen LogP contribution in [-0.4, -0.2) is 19.6 Å². The van der Waals surface area contributed by atoms with Crippen LogP contribution in [0.1, 0.15) is 31.3 Å². The number of rotatable bonds is 5. The predicted octanol–water partition coefficient (Wildman–Crippen LogP) is 3.47. The molecule has 0 saturated carbocycles. The summed E-state index contributed by atoms with van der Waals surface area (Å²) >= 11 is 0. The largest absolute Gasteiger partial charge is 0.390 e. The Morgan fingerprint density at radius 2 is 1.91 bits per heavy atom. The van der Waals surface area contributed by atoms with E-state index in [0.29, 0.717) is 5.69 Å². The minimum atomic E-state index is -0.0738. The number of hydrogen-bond donors (Lipinski definition) is 1. The Bertz CT molecular complexity index is 778. The number of unbranched alkanes of at least 4 members (excludes halogenated alkanes) is 1. The molecule has 0 unspecified atom stereocenters. The zero-order valence-corrected chi connectivity index (χ0v) is 13.1. The number of aromatic nitrogens is 3. The average Bonchev–Trinajstić information content (AvgIpc) is 2.88. The van der Waals surface area contributed by atoms with Crippen molar-refractivity contribution in [2.24, 2.45) is 7.05 Å². The maximum Gasteiger partial charge on any atom is 0.160 e. The Morgan fingerprint density at radius 1 is 1.14 bits per heavy atom. The Hall–Kier alpha value is -2.20. The Morgan fingerprint density at radius 3 is 2.59 bits per heavy atom. The normalized spacial score (nSPS) is 11.2. The molecule has 0 radical (unpaired) electrons. The second-order valence-electron chi connectivity index (χ2n) is 5.54. The van der Waals surface area contributed by atoms with Gasteiger partial charge in [0.1, 0.15) is 11.3 Å². The molecule has 0 bridgehead atoms. The molecule has 0 amide bonds. The second kappa shape index (κ2) is 6.28. The summed E-state index contributed by atoms with van der Waals surface area (Å²) < 4.78 is 2.04. The molecule has 1 aromatic carbocycles. The molecule has 114 valence electrons. The molecule has 0 aliphatic carbocycles. The summed E-state index contributed by atoms with van der Waals surface area (Å²) in [4.78, 5) is 9.38. The van der Waals surface area contributed by atoms with Crippen LogP contribution in [0.15, 0.2) is 36.4 Å². The number of benzene rings is 1. The van der Waals surface area contributed by atoms with Crippen molar-refractivity contribution in [1.29, 1.82) is 0 Å². The van der Waals surface area contributed by atoms with Gasteiger partial charge < -0.3 is 9.67 Å². The lowest BCUT2D eigenvalue weighted by Gasteiger charge is -2.07. The summed E-state index contributed by atoms with van der Waals surface area (Å²) in [5.74, 6) is 1.05. The van der Waals surface area contributed by atoms with E-state index in [1.54, 1.807) is 0 Å². The van der Waals surface area contributed by atoms with Crippen LogP contribution >= 0.6 is 0 Å². The smallest absolute Gasteiger partial charge is 0.160 e. The molecule has 0 saturated heterocycles. The summed E-state index contributed by atoms with van der Waals surface area (Å²) in [5, 5.41) is 9.69. The molecule has 3 aromatic rings. The van der Waals surface area contributed by atoms with E-state index >= 15 is 0 Å². The molecule has 0 aliphatic rings. The summed E-state index contributed by atoms with van der Waals surface area (Å²) in [7, 11) is 2.00. The molecule has 3 rings (SSSR count). The van der Waals surface area contributed by atoms with Crippen molar-refractivity contribution in [3.63, 3.8) is 0 Å². The second-order valence-corrected chi connectivity index (χ2v) is 5.54. The molecular formula is C18H21N3O. The van der Waals surface area contributed by atoms with Gasteiger partial charge in [-0.2, -0.15) is 0 Å². The molecule has 2 heterocycles. The van der Waals surface area contributed by atoms with Crippen LogP contribution in [-0.2, 0) is 20.1 Å². The standard InChI is InChI=1S/C18H21N3O/c1-3-4-10-17-19-15-11-14(13-8-6-5-7-9-13)16(12-22)20-18(15)21(17)2/h5-9,11,22H,3-4,10,12H2,1-2H3. The predicted molar refractivity (Wildman–Crippen MR) is 88.5 cm³/mol. The van der Waals surface area contributed by atoms with Gasteiger partial charge in [0.15, 0.2) is 5.65 Å². The van der Waals surface area contributed by atoms with Gasteiger partial charge in [-0.05, 0) is 18.1 Å². The number of imidazole rings is 1. The Labute approximate surface area is 130 Å². The van der Waals surface area contributed by atoms with Crippen LogP contribution < -0.4 is 0 Å². The first-order valence-electron chi connectivity index (χ1n) is 7.76. The molecule has 2 aromatic heterocycles. The molecule has 1 N–H and O–H groups in total. The van der Waals surface area contributed by atoms with E-state index in [9.17, 15) is 5.11 Å². The van der Waals surface area contributed by atoms with E-state index in [2.05, 4.69) is 11.9 Å². The lowest BCUT2D eigenvalue weighted by atomic mass is 10.0. The lowest BCUT2D eigenvalue weighted by Crippen LogP contribution is -2.00. The van der Waals surface area contributed by atoms with Gasteiger partial charge in [-0.15, -0.1) is 0 Å². The molecule has 4 nitrogen and oxygen atoms in total. The van der Waals surface area contributed by atoms with E-state index in [4.69, 9.17) is 4.98 Å².